The van der Waals surface area contributed by atoms with Crippen LogP contribution in [-0.2, 0) is 4.74 Å². The van der Waals surface area contributed by atoms with Crippen LogP contribution in [0.1, 0.15) is 23.2 Å². The van der Waals surface area contributed by atoms with E-state index in [0.29, 0.717) is 44.3 Å². The molecule has 0 bridgehead atoms. The van der Waals surface area contributed by atoms with Gasteiger partial charge < -0.3 is 24.3 Å². The van der Waals surface area contributed by atoms with Gasteiger partial charge in [-0.2, -0.15) is 0 Å². The number of nitrogens with zero attached hydrogens (tertiary/aromatic N) is 6. The van der Waals surface area contributed by atoms with Crippen LogP contribution in [0.15, 0.2) is 6.07 Å². The van der Waals surface area contributed by atoms with Gasteiger partial charge in [0, 0.05) is 58.4 Å². The van der Waals surface area contributed by atoms with E-state index in [1.807, 2.05) is 6.92 Å². The minimum atomic E-state index is -0.320. The molecule has 9 nitrogen and oxygen atoms in total. The topological polar surface area (TPSA) is 82.1 Å². The Hall–Kier alpha value is -2.42. The Labute approximate surface area is 159 Å². The molecule has 3 heterocycles. The number of carbonyl (C=O) groups excluding carboxylic acids is 2. The van der Waals surface area contributed by atoms with Crippen molar-refractivity contribution in [2.75, 3.05) is 70.9 Å². The molecule has 1 aromatic rings. The van der Waals surface area contributed by atoms with E-state index in [1.165, 1.54) is 0 Å². The maximum atomic E-state index is 12.9. The van der Waals surface area contributed by atoms with Crippen molar-refractivity contribution in [1.29, 1.82) is 0 Å². The average Bonchev–Trinajstić information content (AvgIpc) is 2.68. The number of anilines is 1. The summed E-state index contributed by atoms with van der Waals surface area (Å²) < 4.78 is 5.02. The zero-order valence-electron chi connectivity index (χ0n) is 16.3. The van der Waals surface area contributed by atoms with Gasteiger partial charge in [-0.1, -0.05) is 0 Å². The van der Waals surface area contributed by atoms with Gasteiger partial charge in [0.2, 0.25) is 0 Å². The quantitative estimate of drug-likeness (QED) is 0.757. The number of hydrogen-bond donors (Lipinski definition) is 0. The van der Waals surface area contributed by atoms with Crippen LogP contribution in [0.2, 0.25) is 0 Å². The second-order valence-electron chi connectivity index (χ2n) is 6.93. The Bertz CT molecular complexity index is 682. The van der Waals surface area contributed by atoms with Gasteiger partial charge in [0.05, 0.1) is 6.61 Å². The molecule has 0 aliphatic carbocycles. The normalized spacial score (nSPS) is 18.6. The molecule has 0 unspecified atom stereocenters. The second kappa shape index (κ2) is 8.51. The minimum Gasteiger partial charge on any atom is -0.450 e. The number of carbonyl (C=O) groups is 2. The van der Waals surface area contributed by atoms with Crippen molar-refractivity contribution in [3.8, 4) is 0 Å². The van der Waals surface area contributed by atoms with Crippen LogP contribution >= 0.6 is 0 Å². The van der Waals surface area contributed by atoms with E-state index in [9.17, 15) is 9.59 Å². The van der Waals surface area contributed by atoms with E-state index in [1.54, 1.807) is 22.8 Å². The van der Waals surface area contributed by atoms with Crippen LogP contribution in [-0.4, -0.2) is 103 Å². The average molecular weight is 376 g/mol. The number of rotatable bonds is 3. The minimum absolute atomic E-state index is 0.112. The lowest BCUT2D eigenvalue weighted by atomic mass is 10.2. The molecule has 2 aliphatic rings. The molecule has 1 aromatic heterocycles. The highest BCUT2D eigenvalue weighted by atomic mass is 16.6. The first-order valence-corrected chi connectivity index (χ1v) is 9.48. The predicted octanol–water partition coefficient (Wildman–Crippen LogP) is 0.451. The second-order valence-corrected chi connectivity index (χ2v) is 6.93. The maximum absolute atomic E-state index is 12.9. The molecular formula is C18H28N6O3. The summed E-state index contributed by atoms with van der Waals surface area (Å²) in [6.07, 6.45) is -0.320. The molecular weight excluding hydrogens is 348 g/mol. The lowest BCUT2D eigenvalue weighted by Gasteiger charge is -2.34. The molecule has 0 aromatic carbocycles. The highest BCUT2D eigenvalue weighted by molar-refractivity contribution is 5.93. The van der Waals surface area contributed by atoms with Crippen molar-refractivity contribution in [3.05, 3.63) is 17.6 Å². The van der Waals surface area contributed by atoms with Crippen LogP contribution < -0.4 is 4.90 Å². The Morgan fingerprint density at radius 2 is 1.63 bits per heavy atom. The van der Waals surface area contributed by atoms with E-state index in [0.717, 1.165) is 32.0 Å². The lowest BCUT2D eigenvalue weighted by molar-refractivity contribution is 0.0565. The van der Waals surface area contributed by atoms with E-state index in [-0.39, 0.29) is 12.0 Å². The molecule has 0 N–H and O–H groups in total. The van der Waals surface area contributed by atoms with E-state index < -0.39 is 0 Å². The third-order valence-electron chi connectivity index (χ3n) is 4.96. The summed E-state index contributed by atoms with van der Waals surface area (Å²) in [5.41, 5.74) is 0.418. The van der Waals surface area contributed by atoms with Crippen LogP contribution in [0, 0.1) is 6.92 Å². The smallest absolute Gasteiger partial charge is 0.409 e. The molecule has 0 radical (unpaired) electrons. The zero-order valence-corrected chi connectivity index (χ0v) is 16.3. The van der Waals surface area contributed by atoms with Crippen molar-refractivity contribution >= 4 is 17.8 Å². The third-order valence-corrected chi connectivity index (χ3v) is 4.96. The Balaban J connectivity index is 1.66. The number of piperazine rings is 2. The first kappa shape index (κ1) is 19.3. The third kappa shape index (κ3) is 4.65. The van der Waals surface area contributed by atoms with Gasteiger partial charge in [-0.3, -0.25) is 4.79 Å². The fraction of sp³-hybridized carbons (Fsp3) is 0.667. The Morgan fingerprint density at radius 1 is 1.00 bits per heavy atom. The molecule has 0 spiro atoms. The zero-order chi connectivity index (χ0) is 19.4. The summed E-state index contributed by atoms with van der Waals surface area (Å²) in [7, 11) is 2.10. The number of ether oxygens (including phenoxy) is 1. The van der Waals surface area contributed by atoms with Crippen LogP contribution in [0.5, 0.6) is 0 Å². The molecule has 3 rings (SSSR count). The molecule has 2 amide bonds. The summed E-state index contributed by atoms with van der Waals surface area (Å²) in [6, 6.07) is 1.79. The number of hydrogen-bond acceptors (Lipinski definition) is 7. The molecule has 0 atom stereocenters. The van der Waals surface area contributed by atoms with Crippen molar-refractivity contribution in [2.45, 2.75) is 13.8 Å². The molecule has 2 fully saturated rings. The summed E-state index contributed by atoms with van der Waals surface area (Å²) in [4.78, 5) is 41.4. The number of amides is 2. The van der Waals surface area contributed by atoms with E-state index in [2.05, 4.69) is 26.8 Å². The van der Waals surface area contributed by atoms with Crippen LogP contribution in [0.3, 0.4) is 0 Å². The van der Waals surface area contributed by atoms with Gasteiger partial charge in [0.25, 0.3) is 5.91 Å². The summed E-state index contributed by atoms with van der Waals surface area (Å²) in [5, 5.41) is 0. The lowest BCUT2D eigenvalue weighted by Crippen LogP contribution is -2.51. The fourth-order valence-corrected chi connectivity index (χ4v) is 3.33. The highest BCUT2D eigenvalue weighted by Crippen LogP contribution is 2.17. The molecule has 9 heteroatoms. The highest BCUT2D eigenvalue weighted by Gasteiger charge is 2.27. The van der Waals surface area contributed by atoms with Crippen LogP contribution in [0.25, 0.3) is 0 Å². The van der Waals surface area contributed by atoms with E-state index in [4.69, 9.17) is 4.74 Å². The number of aromatic nitrogens is 2. The first-order chi connectivity index (χ1) is 13.0. The van der Waals surface area contributed by atoms with Crippen molar-refractivity contribution in [1.82, 2.24) is 24.7 Å². The molecule has 0 saturated carbocycles. The fourth-order valence-electron chi connectivity index (χ4n) is 3.33. The van der Waals surface area contributed by atoms with Gasteiger partial charge in [-0.05, 0) is 20.9 Å². The van der Waals surface area contributed by atoms with Gasteiger partial charge >= 0.3 is 6.09 Å². The summed E-state index contributed by atoms with van der Waals surface area (Å²) >= 11 is 0. The monoisotopic (exact) mass is 376 g/mol. The van der Waals surface area contributed by atoms with Crippen LogP contribution in [0.4, 0.5) is 10.6 Å². The van der Waals surface area contributed by atoms with Gasteiger partial charge in [-0.25, -0.2) is 14.8 Å². The predicted molar refractivity (Wildman–Crippen MR) is 101 cm³/mol. The van der Waals surface area contributed by atoms with Gasteiger partial charge in [-0.15, -0.1) is 0 Å². The van der Waals surface area contributed by atoms with Crippen molar-refractivity contribution in [3.63, 3.8) is 0 Å². The largest absolute Gasteiger partial charge is 0.450 e. The first-order valence-electron chi connectivity index (χ1n) is 9.48. The molecule has 2 aliphatic heterocycles. The standard InChI is InChI=1S/C18H28N6O3/c1-4-27-18(26)24-11-9-23(10-12-24)17(25)15-13-16(20-14(2)19-15)22-7-5-21(3)6-8-22/h13H,4-12H2,1-3H3. The Kier molecular flexibility index (Phi) is 6.10. The number of aryl methyl sites for hydroxylation is 1. The number of likely N-dealkylation sites (N-methyl/N-ethyl adjacent to an activating group) is 1. The molecule has 148 valence electrons. The Morgan fingerprint density at radius 3 is 2.26 bits per heavy atom. The van der Waals surface area contributed by atoms with Crippen molar-refractivity contribution < 1.29 is 14.3 Å². The van der Waals surface area contributed by atoms with Crippen molar-refractivity contribution in [2.24, 2.45) is 0 Å². The maximum Gasteiger partial charge on any atom is 0.409 e. The SMILES string of the molecule is CCOC(=O)N1CCN(C(=O)c2cc(N3CCN(C)CC3)nc(C)n2)CC1. The van der Waals surface area contributed by atoms with Gasteiger partial charge in [0.1, 0.15) is 17.3 Å². The van der Waals surface area contributed by atoms with E-state index >= 15 is 0 Å². The van der Waals surface area contributed by atoms with Gasteiger partial charge in [0.15, 0.2) is 0 Å². The molecule has 27 heavy (non-hydrogen) atoms. The molecule has 2 saturated heterocycles. The summed E-state index contributed by atoms with van der Waals surface area (Å²) in [6.45, 7) is 9.58. The summed E-state index contributed by atoms with van der Waals surface area (Å²) in [5.74, 6) is 1.29.